The number of methoxy groups -OCH3 is 1. The van der Waals surface area contributed by atoms with E-state index in [1.807, 2.05) is 0 Å². The molecule has 130 valence electrons. The number of likely N-dealkylation sites (tertiary alicyclic amines) is 1. The number of hydrogen-bond acceptors (Lipinski definition) is 6. The van der Waals surface area contributed by atoms with E-state index in [0.717, 1.165) is 12.8 Å². The molecule has 1 fully saturated rings. The Hall–Kier alpha value is -2.51. The van der Waals surface area contributed by atoms with Crippen LogP contribution in [0.15, 0.2) is 18.6 Å². The molecule has 0 aliphatic carbocycles. The second kappa shape index (κ2) is 8.95. The molecule has 0 radical (unpaired) electrons. The maximum absolute atomic E-state index is 12.2. The third-order valence-corrected chi connectivity index (χ3v) is 4.07. The number of aromatic nitrogens is 2. The van der Waals surface area contributed by atoms with Crippen LogP contribution in [0.1, 0.15) is 36.2 Å². The molecule has 0 atom stereocenters. The van der Waals surface area contributed by atoms with E-state index in [2.05, 4.69) is 20.0 Å². The van der Waals surface area contributed by atoms with Gasteiger partial charge in [-0.25, -0.2) is 4.98 Å². The van der Waals surface area contributed by atoms with E-state index < -0.39 is 0 Å². The monoisotopic (exact) mass is 334 g/mol. The molecule has 1 saturated heterocycles. The van der Waals surface area contributed by atoms with Gasteiger partial charge in [0.25, 0.3) is 5.91 Å². The second-order valence-corrected chi connectivity index (χ2v) is 5.70. The van der Waals surface area contributed by atoms with Gasteiger partial charge in [-0.15, -0.1) is 0 Å². The largest absolute Gasteiger partial charge is 0.469 e. The van der Waals surface area contributed by atoms with Crippen molar-refractivity contribution in [1.82, 2.24) is 20.2 Å². The molecule has 2 heterocycles. The summed E-state index contributed by atoms with van der Waals surface area (Å²) in [4.78, 5) is 44.7. The van der Waals surface area contributed by atoms with Gasteiger partial charge in [0.05, 0.1) is 13.3 Å². The van der Waals surface area contributed by atoms with E-state index in [0.29, 0.717) is 19.5 Å². The van der Waals surface area contributed by atoms with E-state index in [1.165, 1.54) is 25.7 Å². The van der Waals surface area contributed by atoms with Gasteiger partial charge in [-0.1, -0.05) is 0 Å². The maximum Gasteiger partial charge on any atom is 0.305 e. The third-order valence-electron chi connectivity index (χ3n) is 4.07. The number of esters is 1. The lowest BCUT2D eigenvalue weighted by Gasteiger charge is -2.31. The van der Waals surface area contributed by atoms with E-state index in [-0.39, 0.29) is 42.4 Å². The Labute approximate surface area is 140 Å². The lowest BCUT2D eigenvalue weighted by Crippen LogP contribution is -2.40. The predicted octanol–water partition coefficient (Wildman–Crippen LogP) is 0.398. The van der Waals surface area contributed by atoms with E-state index in [1.54, 1.807) is 4.90 Å². The number of ether oxygens (including phenoxy) is 1. The third kappa shape index (κ3) is 5.29. The van der Waals surface area contributed by atoms with Crippen molar-refractivity contribution in [2.75, 3.05) is 26.7 Å². The zero-order chi connectivity index (χ0) is 17.4. The van der Waals surface area contributed by atoms with E-state index in [4.69, 9.17) is 0 Å². The van der Waals surface area contributed by atoms with Crippen LogP contribution in [0.3, 0.4) is 0 Å². The van der Waals surface area contributed by atoms with Gasteiger partial charge in [-0.3, -0.25) is 19.4 Å². The highest BCUT2D eigenvalue weighted by Gasteiger charge is 2.24. The topological polar surface area (TPSA) is 101 Å². The molecule has 0 unspecified atom stereocenters. The molecule has 1 aliphatic rings. The van der Waals surface area contributed by atoms with Crippen LogP contribution in [0, 0.1) is 5.92 Å². The van der Waals surface area contributed by atoms with Gasteiger partial charge in [0.15, 0.2) is 0 Å². The van der Waals surface area contributed by atoms with Crippen LogP contribution in [0.25, 0.3) is 0 Å². The number of amides is 2. The summed E-state index contributed by atoms with van der Waals surface area (Å²) < 4.78 is 4.67. The van der Waals surface area contributed by atoms with Crippen LogP contribution in [0.2, 0.25) is 0 Å². The van der Waals surface area contributed by atoms with Crippen molar-refractivity contribution in [1.29, 1.82) is 0 Å². The van der Waals surface area contributed by atoms with Crippen LogP contribution in [-0.4, -0.2) is 59.4 Å². The van der Waals surface area contributed by atoms with Crippen molar-refractivity contribution in [3.05, 3.63) is 24.3 Å². The number of hydrogen-bond donors (Lipinski definition) is 1. The van der Waals surface area contributed by atoms with Gasteiger partial charge in [0.1, 0.15) is 5.69 Å². The normalized spacial score (nSPS) is 15.0. The maximum atomic E-state index is 12.2. The van der Waals surface area contributed by atoms with E-state index >= 15 is 0 Å². The molecule has 0 aromatic carbocycles. The predicted molar refractivity (Wildman–Crippen MR) is 84.9 cm³/mol. The highest BCUT2D eigenvalue weighted by molar-refractivity contribution is 5.92. The molecule has 2 amide bonds. The number of carbonyl (C=O) groups excluding carboxylic acids is 3. The van der Waals surface area contributed by atoms with Gasteiger partial charge in [0, 0.05) is 44.9 Å². The zero-order valence-corrected chi connectivity index (χ0v) is 13.7. The average molecular weight is 334 g/mol. The highest BCUT2D eigenvalue weighted by Crippen LogP contribution is 2.21. The SMILES string of the molecule is COC(=O)CC1CCN(C(=O)CCNC(=O)c2cnccn2)CC1. The summed E-state index contributed by atoms with van der Waals surface area (Å²) in [5.74, 6) is -0.261. The summed E-state index contributed by atoms with van der Waals surface area (Å²) in [5, 5.41) is 2.66. The number of nitrogens with zero attached hydrogens (tertiary/aromatic N) is 3. The quantitative estimate of drug-likeness (QED) is 0.756. The molecule has 24 heavy (non-hydrogen) atoms. The van der Waals surface area contributed by atoms with Gasteiger partial charge < -0.3 is 15.0 Å². The first-order chi connectivity index (χ1) is 11.6. The molecule has 1 N–H and O–H groups in total. The lowest BCUT2D eigenvalue weighted by molar-refractivity contribution is -0.142. The molecular weight excluding hydrogens is 312 g/mol. The molecular formula is C16H22N4O4. The highest BCUT2D eigenvalue weighted by atomic mass is 16.5. The fraction of sp³-hybridized carbons (Fsp3) is 0.562. The minimum Gasteiger partial charge on any atom is -0.469 e. The Morgan fingerprint density at radius 1 is 1.29 bits per heavy atom. The van der Waals surface area contributed by atoms with Crippen molar-refractivity contribution in [3.8, 4) is 0 Å². The molecule has 1 aromatic heterocycles. The van der Waals surface area contributed by atoms with Crippen LogP contribution in [0.4, 0.5) is 0 Å². The summed E-state index contributed by atoms with van der Waals surface area (Å²) in [5.41, 5.74) is 0.230. The molecule has 0 bridgehead atoms. The molecule has 2 rings (SSSR count). The molecule has 0 spiro atoms. The molecule has 1 aromatic rings. The number of rotatable bonds is 6. The van der Waals surface area contributed by atoms with Gasteiger partial charge in [-0.2, -0.15) is 0 Å². The summed E-state index contributed by atoms with van der Waals surface area (Å²) in [6.45, 7) is 1.54. The lowest BCUT2D eigenvalue weighted by atomic mass is 9.93. The fourth-order valence-electron chi connectivity index (χ4n) is 2.65. The average Bonchev–Trinajstić information content (AvgIpc) is 2.62. The Morgan fingerprint density at radius 3 is 2.67 bits per heavy atom. The second-order valence-electron chi connectivity index (χ2n) is 5.70. The van der Waals surface area contributed by atoms with Crippen LogP contribution < -0.4 is 5.32 Å². The van der Waals surface area contributed by atoms with Crippen molar-refractivity contribution in [2.24, 2.45) is 5.92 Å². The molecule has 8 heteroatoms. The first-order valence-electron chi connectivity index (χ1n) is 7.99. The Bertz CT molecular complexity index is 571. The zero-order valence-electron chi connectivity index (χ0n) is 13.7. The number of carbonyl (C=O) groups is 3. The van der Waals surface area contributed by atoms with Crippen molar-refractivity contribution < 1.29 is 19.1 Å². The summed E-state index contributed by atoms with van der Waals surface area (Å²) in [7, 11) is 1.39. The first-order valence-corrected chi connectivity index (χ1v) is 7.99. The summed E-state index contributed by atoms with van der Waals surface area (Å²) >= 11 is 0. The van der Waals surface area contributed by atoms with Crippen LogP contribution in [0.5, 0.6) is 0 Å². The molecule has 1 aliphatic heterocycles. The van der Waals surface area contributed by atoms with Gasteiger partial charge >= 0.3 is 5.97 Å². The van der Waals surface area contributed by atoms with E-state index in [9.17, 15) is 14.4 Å². The van der Waals surface area contributed by atoms with Crippen LogP contribution >= 0.6 is 0 Å². The molecule has 8 nitrogen and oxygen atoms in total. The number of piperidine rings is 1. The Kier molecular flexibility index (Phi) is 6.65. The summed E-state index contributed by atoms with van der Waals surface area (Å²) in [6, 6.07) is 0. The smallest absolute Gasteiger partial charge is 0.305 e. The summed E-state index contributed by atoms with van der Waals surface area (Å²) in [6.07, 6.45) is 6.56. The first kappa shape index (κ1) is 17.8. The molecule has 0 saturated carbocycles. The fourth-order valence-corrected chi connectivity index (χ4v) is 2.65. The standard InChI is InChI=1S/C16H22N4O4/c1-24-15(22)10-12-3-8-20(9-4-12)14(21)2-5-19-16(23)13-11-17-6-7-18-13/h6-7,11-12H,2-5,8-10H2,1H3,(H,19,23). The van der Waals surface area contributed by atoms with Crippen molar-refractivity contribution in [3.63, 3.8) is 0 Å². The Balaban J connectivity index is 1.67. The van der Waals surface area contributed by atoms with Crippen molar-refractivity contribution in [2.45, 2.75) is 25.7 Å². The van der Waals surface area contributed by atoms with Crippen molar-refractivity contribution >= 4 is 17.8 Å². The van der Waals surface area contributed by atoms with Gasteiger partial charge in [0.2, 0.25) is 5.91 Å². The van der Waals surface area contributed by atoms with Gasteiger partial charge in [-0.05, 0) is 18.8 Å². The minimum atomic E-state index is -0.340. The Morgan fingerprint density at radius 2 is 2.04 bits per heavy atom. The minimum absolute atomic E-state index is 0.00552. The van der Waals surface area contributed by atoms with Crippen LogP contribution in [-0.2, 0) is 14.3 Å². The number of nitrogens with one attached hydrogen (secondary N) is 1.